The highest BCUT2D eigenvalue weighted by molar-refractivity contribution is 5.88. The van der Waals surface area contributed by atoms with Crippen molar-refractivity contribution in [3.05, 3.63) is 147 Å². The van der Waals surface area contributed by atoms with Gasteiger partial charge in [-0.2, -0.15) is 5.26 Å². The van der Waals surface area contributed by atoms with Gasteiger partial charge >= 0.3 is 0 Å². The van der Waals surface area contributed by atoms with E-state index < -0.39 is 0 Å². The van der Waals surface area contributed by atoms with Gasteiger partial charge in [0.05, 0.1) is 17.3 Å². The molecule has 222 valence electrons. The normalized spacial score (nSPS) is 18.0. The number of hydrogen-bond acceptors (Lipinski definition) is 3. The van der Waals surface area contributed by atoms with Crippen LogP contribution in [0.15, 0.2) is 120 Å². The van der Waals surface area contributed by atoms with Crippen molar-refractivity contribution in [2.24, 2.45) is 0 Å². The van der Waals surface area contributed by atoms with Crippen LogP contribution in [0.3, 0.4) is 0 Å². The van der Waals surface area contributed by atoms with Gasteiger partial charge in [0, 0.05) is 41.3 Å². The third kappa shape index (κ3) is 6.12. The maximum absolute atomic E-state index is 9.72. The lowest BCUT2D eigenvalue weighted by Gasteiger charge is -2.32. The van der Waals surface area contributed by atoms with Gasteiger partial charge < -0.3 is 9.80 Å². The predicted octanol–water partition coefficient (Wildman–Crippen LogP) is 11.0. The van der Waals surface area contributed by atoms with Gasteiger partial charge in [-0.1, -0.05) is 74.6 Å². The number of fused-ring (bicyclic) bond motifs is 1. The first-order chi connectivity index (χ1) is 21.6. The van der Waals surface area contributed by atoms with Crippen LogP contribution >= 0.6 is 0 Å². The molecule has 3 aromatic rings. The average molecular weight is 578 g/mol. The Morgan fingerprint density at radius 3 is 2.36 bits per heavy atom. The third-order valence-electron chi connectivity index (χ3n) is 8.62. The molecular formula is C41H43N3. The fraction of sp³-hybridized carbons (Fsp3) is 0.244. The van der Waals surface area contributed by atoms with E-state index in [-0.39, 0.29) is 0 Å². The summed E-state index contributed by atoms with van der Waals surface area (Å²) < 4.78 is 0. The molecule has 0 atom stereocenters. The van der Waals surface area contributed by atoms with E-state index in [1.165, 1.54) is 44.8 Å². The minimum absolute atomic E-state index is 0.655. The predicted molar refractivity (Wildman–Crippen MR) is 188 cm³/mol. The van der Waals surface area contributed by atoms with Crippen molar-refractivity contribution in [2.75, 3.05) is 11.4 Å². The highest BCUT2D eigenvalue weighted by Gasteiger charge is 2.25. The van der Waals surface area contributed by atoms with Crippen LogP contribution in [-0.2, 0) is 12.8 Å². The van der Waals surface area contributed by atoms with Crippen LogP contribution in [0.2, 0.25) is 0 Å². The molecule has 44 heavy (non-hydrogen) atoms. The summed E-state index contributed by atoms with van der Waals surface area (Å²) in [4.78, 5) is 4.76. The topological polar surface area (TPSA) is 30.3 Å². The van der Waals surface area contributed by atoms with Gasteiger partial charge in [-0.15, -0.1) is 0 Å². The molecule has 0 saturated carbocycles. The van der Waals surface area contributed by atoms with Gasteiger partial charge in [-0.05, 0) is 116 Å². The van der Waals surface area contributed by atoms with Crippen molar-refractivity contribution in [1.82, 2.24) is 4.90 Å². The Kier molecular flexibility index (Phi) is 9.82. The molecule has 0 radical (unpaired) electrons. The van der Waals surface area contributed by atoms with Crippen LogP contribution in [0.25, 0.3) is 12.2 Å². The zero-order valence-electron chi connectivity index (χ0n) is 26.8. The number of para-hydroxylation sites is 1. The van der Waals surface area contributed by atoms with Crippen LogP contribution in [0.5, 0.6) is 0 Å². The van der Waals surface area contributed by atoms with E-state index in [4.69, 9.17) is 0 Å². The van der Waals surface area contributed by atoms with Crippen molar-refractivity contribution >= 4 is 29.2 Å². The minimum atomic E-state index is 0.655. The number of rotatable bonds is 9. The Morgan fingerprint density at radius 2 is 1.68 bits per heavy atom. The Labute approximate surface area is 264 Å². The summed E-state index contributed by atoms with van der Waals surface area (Å²) >= 11 is 0. The minimum Gasteiger partial charge on any atom is -0.345 e. The first-order valence-corrected chi connectivity index (χ1v) is 15.9. The molecule has 2 aliphatic rings. The lowest BCUT2D eigenvalue weighted by Crippen LogP contribution is -2.21. The first-order valence-electron chi connectivity index (χ1n) is 15.9. The second kappa shape index (κ2) is 14.1. The Balaban J connectivity index is 1.74. The molecule has 3 heteroatoms. The molecule has 0 aliphatic heterocycles. The van der Waals surface area contributed by atoms with Gasteiger partial charge in [0.2, 0.25) is 0 Å². The standard InChI is InChI=1S/C41H43N3/c1-6-16-34(9-4)43(10-5)36-20-15-22-38-32(8-3)28-41(39-24-23-33(27-40(38)39)31(7-2)26-36)44(35-18-12-11-13-19-35)37-21-14-17-30(25-37)29-42/h6,9,11-19,21-26,28H,7-8,10,20,27H2,1-5H3/b16-6-,22-15-,33-31-,34-9+,36-26+. The number of anilines is 3. The Bertz CT molecular complexity index is 1740. The largest absolute Gasteiger partial charge is 0.345 e. The summed E-state index contributed by atoms with van der Waals surface area (Å²) in [5, 5.41) is 9.72. The van der Waals surface area contributed by atoms with Crippen molar-refractivity contribution in [1.29, 1.82) is 5.26 Å². The maximum atomic E-state index is 9.72. The number of hydrogen-bond donors (Lipinski definition) is 0. The number of allylic oxidation sites excluding steroid dienone is 8. The quantitative estimate of drug-likeness (QED) is 0.237. The average Bonchev–Trinajstić information content (AvgIpc) is 3.07. The van der Waals surface area contributed by atoms with Crippen LogP contribution in [-0.4, -0.2) is 11.4 Å². The van der Waals surface area contributed by atoms with Crippen molar-refractivity contribution in [3.8, 4) is 6.07 Å². The number of nitriles is 1. The van der Waals surface area contributed by atoms with E-state index >= 15 is 0 Å². The maximum Gasteiger partial charge on any atom is 0.0992 e. The van der Waals surface area contributed by atoms with Crippen LogP contribution in [0.4, 0.5) is 17.1 Å². The summed E-state index contributed by atoms with van der Waals surface area (Å²) in [6, 6.07) is 23.1. The van der Waals surface area contributed by atoms with E-state index in [2.05, 4.69) is 142 Å². The molecule has 3 aromatic carbocycles. The molecule has 2 aliphatic carbocycles. The molecule has 5 rings (SSSR count). The van der Waals surface area contributed by atoms with E-state index in [9.17, 15) is 5.26 Å². The highest BCUT2D eigenvalue weighted by Crippen LogP contribution is 2.44. The number of likely N-dealkylation sites (N-methyl/N-ethyl adjacent to an activating group) is 1. The van der Waals surface area contributed by atoms with E-state index in [1.807, 2.05) is 18.2 Å². The summed E-state index contributed by atoms with van der Waals surface area (Å²) in [5.74, 6) is 0. The fourth-order valence-corrected chi connectivity index (χ4v) is 6.48. The molecule has 0 unspecified atom stereocenters. The van der Waals surface area contributed by atoms with E-state index in [1.54, 1.807) is 0 Å². The van der Waals surface area contributed by atoms with Crippen LogP contribution in [0.1, 0.15) is 75.3 Å². The lowest BCUT2D eigenvalue weighted by molar-refractivity contribution is 0.453. The molecule has 0 aromatic heterocycles. The molecule has 0 saturated heterocycles. The Hall–Kier alpha value is -4.81. The van der Waals surface area contributed by atoms with Gasteiger partial charge in [0.1, 0.15) is 0 Å². The first kappa shape index (κ1) is 30.6. The van der Waals surface area contributed by atoms with Crippen molar-refractivity contribution in [2.45, 2.75) is 60.3 Å². The summed E-state index contributed by atoms with van der Waals surface area (Å²) in [6.07, 6.45) is 22.0. The zero-order chi connectivity index (χ0) is 31.1. The highest BCUT2D eigenvalue weighted by atomic mass is 15.1. The van der Waals surface area contributed by atoms with Crippen LogP contribution < -0.4 is 4.90 Å². The molecule has 0 spiro atoms. The third-order valence-corrected chi connectivity index (χ3v) is 8.62. The van der Waals surface area contributed by atoms with Gasteiger partial charge in [-0.3, -0.25) is 0 Å². The summed E-state index contributed by atoms with van der Waals surface area (Å²) in [7, 11) is 0. The molecule has 0 heterocycles. The van der Waals surface area contributed by atoms with Gasteiger partial charge in [-0.25, -0.2) is 0 Å². The second-order valence-corrected chi connectivity index (χ2v) is 11.2. The molecule has 0 amide bonds. The second-order valence-electron chi connectivity index (χ2n) is 11.2. The number of aryl methyl sites for hydroxylation is 1. The molecule has 0 fully saturated rings. The monoisotopic (exact) mass is 577 g/mol. The molecule has 2 bridgehead atoms. The van der Waals surface area contributed by atoms with Crippen LogP contribution in [0, 0.1) is 11.3 Å². The summed E-state index contributed by atoms with van der Waals surface area (Å²) in [6.45, 7) is 11.9. The summed E-state index contributed by atoms with van der Waals surface area (Å²) in [5.41, 5.74) is 14.5. The van der Waals surface area contributed by atoms with Crippen molar-refractivity contribution < 1.29 is 0 Å². The zero-order valence-corrected chi connectivity index (χ0v) is 26.8. The Morgan fingerprint density at radius 1 is 0.886 bits per heavy atom. The molecule has 3 nitrogen and oxygen atoms in total. The smallest absolute Gasteiger partial charge is 0.0992 e. The number of benzene rings is 3. The van der Waals surface area contributed by atoms with Gasteiger partial charge in [0.15, 0.2) is 0 Å². The lowest BCUT2D eigenvalue weighted by atomic mass is 9.82. The van der Waals surface area contributed by atoms with E-state index in [0.717, 1.165) is 49.3 Å². The fourth-order valence-electron chi connectivity index (χ4n) is 6.48. The van der Waals surface area contributed by atoms with Crippen molar-refractivity contribution in [3.63, 3.8) is 0 Å². The molecular weight excluding hydrogens is 534 g/mol. The van der Waals surface area contributed by atoms with Gasteiger partial charge in [0.25, 0.3) is 0 Å². The molecule has 0 N–H and O–H groups in total. The van der Waals surface area contributed by atoms with E-state index in [0.29, 0.717) is 5.56 Å². The number of nitrogens with zero attached hydrogens (tertiary/aromatic N) is 3. The SMILES string of the molecule is C/C=C\C(=C/C)N(CC)/C1=C/C(CC)=C2/C=Cc3c(N(c4ccccc4)c4cccc(C#N)c4)cc(CC)c(c3C2)/C=C\C1.